The van der Waals surface area contributed by atoms with E-state index in [0.29, 0.717) is 12.1 Å². The first kappa shape index (κ1) is 9.44. The Morgan fingerprint density at radius 3 is 2.62 bits per heavy atom. The van der Waals surface area contributed by atoms with Gasteiger partial charge in [0.1, 0.15) is 0 Å². The van der Waals surface area contributed by atoms with Gasteiger partial charge in [-0.05, 0) is 25.7 Å². The Morgan fingerprint density at radius 2 is 2.15 bits per heavy atom. The largest absolute Gasteiger partial charge is 0.387 e. The minimum absolute atomic E-state index is 0.382. The van der Waals surface area contributed by atoms with Gasteiger partial charge in [-0.15, -0.1) is 0 Å². The van der Waals surface area contributed by atoms with Crippen LogP contribution in [0.2, 0.25) is 0 Å². The molecule has 1 aliphatic heterocycles. The topological polar surface area (TPSA) is 49.5 Å². The van der Waals surface area contributed by atoms with Gasteiger partial charge in [-0.2, -0.15) is 0 Å². The molecule has 2 rings (SSSR count). The number of aliphatic hydroxyl groups is 1. The van der Waals surface area contributed by atoms with Gasteiger partial charge >= 0.3 is 0 Å². The van der Waals surface area contributed by atoms with Gasteiger partial charge < -0.3 is 10.8 Å². The molecule has 3 N–H and O–H groups in total. The van der Waals surface area contributed by atoms with Crippen LogP contribution in [0.3, 0.4) is 0 Å². The fourth-order valence-corrected chi connectivity index (χ4v) is 2.51. The van der Waals surface area contributed by atoms with Crippen molar-refractivity contribution in [3.8, 4) is 0 Å². The summed E-state index contributed by atoms with van der Waals surface area (Å²) in [6.45, 7) is 3.78. The molecule has 3 heteroatoms. The van der Waals surface area contributed by atoms with Crippen LogP contribution in [0.15, 0.2) is 0 Å². The van der Waals surface area contributed by atoms with Crippen LogP contribution < -0.4 is 5.73 Å². The lowest BCUT2D eigenvalue weighted by molar-refractivity contribution is -0.116. The summed E-state index contributed by atoms with van der Waals surface area (Å²) in [7, 11) is 0. The van der Waals surface area contributed by atoms with Crippen molar-refractivity contribution in [2.24, 2.45) is 5.73 Å². The molecular weight excluding hydrogens is 164 g/mol. The van der Waals surface area contributed by atoms with Gasteiger partial charge in [0.05, 0.1) is 5.60 Å². The fourth-order valence-electron chi connectivity index (χ4n) is 2.51. The lowest BCUT2D eigenvalue weighted by atomic mass is 9.89. The maximum Gasteiger partial charge on any atom is 0.0897 e. The average molecular weight is 184 g/mol. The molecule has 76 valence electrons. The molecule has 1 heterocycles. The van der Waals surface area contributed by atoms with Crippen LogP contribution >= 0.6 is 0 Å². The number of nitrogens with two attached hydrogens (primary N) is 1. The Balaban J connectivity index is 1.80. The second-order valence-electron chi connectivity index (χ2n) is 4.71. The first-order chi connectivity index (χ1) is 6.13. The maximum atomic E-state index is 9.84. The van der Waals surface area contributed by atoms with Gasteiger partial charge in [-0.3, -0.25) is 4.90 Å². The number of likely N-dealkylation sites (tertiary alicyclic amines) is 1. The van der Waals surface area contributed by atoms with Gasteiger partial charge in [0, 0.05) is 25.2 Å². The summed E-state index contributed by atoms with van der Waals surface area (Å²) >= 11 is 0. The molecular formula is C10H20N2O. The van der Waals surface area contributed by atoms with Crippen molar-refractivity contribution in [1.82, 2.24) is 4.90 Å². The summed E-state index contributed by atoms with van der Waals surface area (Å²) in [4.78, 5) is 2.39. The molecule has 1 saturated heterocycles. The highest BCUT2D eigenvalue weighted by atomic mass is 16.3. The molecule has 1 aliphatic carbocycles. The van der Waals surface area contributed by atoms with E-state index < -0.39 is 0 Å². The molecule has 0 spiro atoms. The van der Waals surface area contributed by atoms with Crippen LogP contribution in [0.1, 0.15) is 32.6 Å². The van der Waals surface area contributed by atoms with Crippen LogP contribution in [0, 0.1) is 0 Å². The first-order valence-corrected chi connectivity index (χ1v) is 5.35. The monoisotopic (exact) mass is 184 g/mol. The Morgan fingerprint density at radius 1 is 1.46 bits per heavy atom. The number of nitrogens with zero attached hydrogens (tertiary/aromatic N) is 1. The third-order valence-electron chi connectivity index (χ3n) is 3.61. The molecule has 0 bridgehead atoms. The standard InChI is InChI=1S/C10H20N2O/c1-2-10(13)6-12(7-10)9-4-3-8(11)5-9/h8-9,13H,2-7,11H2,1H3. The highest BCUT2D eigenvalue weighted by molar-refractivity contribution is 4.99. The number of β-amino-alcohol motifs (C(OH)–C–C–N with tert-alkyl or cyclic N) is 1. The lowest BCUT2D eigenvalue weighted by Crippen LogP contribution is -2.64. The molecule has 3 nitrogen and oxygen atoms in total. The third kappa shape index (κ3) is 1.73. The fraction of sp³-hybridized carbons (Fsp3) is 1.00. The van der Waals surface area contributed by atoms with Crippen LogP contribution in [0.25, 0.3) is 0 Å². The molecule has 2 unspecified atom stereocenters. The lowest BCUT2D eigenvalue weighted by Gasteiger charge is -2.49. The average Bonchev–Trinajstić information content (AvgIpc) is 2.46. The van der Waals surface area contributed by atoms with Gasteiger partial charge in [0.2, 0.25) is 0 Å². The van der Waals surface area contributed by atoms with E-state index in [1.807, 2.05) is 0 Å². The second kappa shape index (κ2) is 3.23. The normalized spacial score (nSPS) is 39.0. The number of rotatable bonds is 2. The predicted octanol–water partition coefficient (Wildman–Crippen LogP) is 0.323. The molecule has 1 saturated carbocycles. The molecule has 13 heavy (non-hydrogen) atoms. The van der Waals surface area contributed by atoms with Crippen LogP contribution in [0.4, 0.5) is 0 Å². The summed E-state index contributed by atoms with van der Waals surface area (Å²) in [6.07, 6.45) is 4.38. The smallest absolute Gasteiger partial charge is 0.0897 e. The van der Waals surface area contributed by atoms with E-state index in [1.54, 1.807) is 0 Å². The zero-order valence-electron chi connectivity index (χ0n) is 8.37. The quantitative estimate of drug-likeness (QED) is 0.650. The van der Waals surface area contributed by atoms with Gasteiger partial charge in [-0.25, -0.2) is 0 Å². The van der Waals surface area contributed by atoms with Crippen molar-refractivity contribution >= 4 is 0 Å². The van der Waals surface area contributed by atoms with Crippen molar-refractivity contribution in [3.05, 3.63) is 0 Å². The number of hydrogen-bond acceptors (Lipinski definition) is 3. The summed E-state index contributed by atoms with van der Waals surface area (Å²) in [6, 6.07) is 1.06. The molecule has 0 aromatic rings. The molecule has 2 fully saturated rings. The van der Waals surface area contributed by atoms with Gasteiger partial charge in [0.25, 0.3) is 0 Å². The van der Waals surface area contributed by atoms with Crippen molar-refractivity contribution < 1.29 is 5.11 Å². The van der Waals surface area contributed by atoms with Crippen molar-refractivity contribution in [2.45, 2.75) is 50.3 Å². The van der Waals surface area contributed by atoms with E-state index in [4.69, 9.17) is 5.73 Å². The van der Waals surface area contributed by atoms with E-state index >= 15 is 0 Å². The van der Waals surface area contributed by atoms with E-state index in [0.717, 1.165) is 32.4 Å². The molecule has 0 aromatic carbocycles. The van der Waals surface area contributed by atoms with E-state index in [1.165, 1.54) is 6.42 Å². The minimum atomic E-state index is -0.382. The molecule has 0 aromatic heterocycles. The zero-order chi connectivity index (χ0) is 9.47. The molecule has 0 amide bonds. The summed E-state index contributed by atoms with van der Waals surface area (Å²) in [5.41, 5.74) is 5.47. The maximum absolute atomic E-state index is 9.84. The summed E-state index contributed by atoms with van der Waals surface area (Å²) < 4.78 is 0. The second-order valence-corrected chi connectivity index (χ2v) is 4.71. The van der Waals surface area contributed by atoms with Crippen molar-refractivity contribution in [1.29, 1.82) is 0 Å². The SMILES string of the molecule is CCC1(O)CN(C2CCC(N)C2)C1. The van der Waals surface area contributed by atoms with Crippen molar-refractivity contribution in [2.75, 3.05) is 13.1 Å². The van der Waals surface area contributed by atoms with Crippen LogP contribution in [-0.4, -0.2) is 40.8 Å². The van der Waals surface area contributed by atoms with E-state index in [-0.39, 0.29) is 5.60 Å². The van der Waals surface area contributed by atoms with Crippen LogP contribution in [0.5, 0.6) is 0 Å². The Bertz CT molecular complexity index is 189. The summed E-state index contributed by atoms with van der Waals surface area (Å²) in [5.74, 6) is 0. The Hall–Kier alpha value is -0.120. The highest BCUT2D eigenvalue weighted by Crippen LogP contribution is 2.32. The van der Waals surface area contributed by atoms with Gasteiger partial charge in [0.15, 0.2) is 0 Å². The zero-order valence-corrected chi connectivity index (χ0v) is 8.37. The first-order valence-electron chi connectivity index (χ1n) is 5.35. The molecule has 0 radical (unpaired) electrons. The third-order valence-corrected chi connectivity index (χ3v) is 3.61. The number of hydrogen-bond donors (Lipinski definition) is 2. The van der Waals surface area contributed by atoms with Crippen LogP contribution in [-0.2, 0) is 0 Å². The Labute approximate surface area is 79.9 Å². The summed E-state index contributed by atoms with van der Waals surface area (Å²) in [5, 5.41) is 9.84. The van der Waals surface area contributed by atoms with E-state index in [9.17, 15) is 5.11 Å². The predicted molar refractivity (Wildman–Crippen MR) is 52.4 cm³/mol. The highest BCUT2D eigenvalue weighted by Gasteiger charge is 2.43. The van der Waals surface area contributed by atoms with Crippen molar-refractivity contribution in [3.63, 3.8) is 0 Å². The Kier molecular flexibility index (Phi) is 2.34. The molecule has 2 aliphatic rings. The van der Waals surface area contributed by atoms with Gasteiger partial charge in [-0.1, -0.05) is 6.92 Å². The van der Waals surface area contributed by atoms with E-state index in [2.05, 4.69) is 11.8 Å². The molecule has 2 atom stereocenters. The minimum Gasteiger partial charge on any atom is -0.387 e.